The number of alkyl halides is 3. The molecule has 3 rings (SSSR count). The summed E-state index contributed by atoms with van der Waals surface area (Å²) in [5.74, 6) is -0.676. The summed E-state index contributed by atoms with van der Waals surface area (Å²) in [4.78, 5) is 12.3. The summed E-state index contributed by atoms with van der Waals surface area (Å²) in [7, 11) is 0. The number of benzene rings is 2. The van der Waals surface area contributed by atoms with Gasteiger partial charge in [-0.1, -0.05) is 55.9 Å². The molecular formula is C22H22F4N4O2S. The molecule has 0 saturated carbocycles. The Hall–Kier alpha value is -3.08. The van der Waals surface area contributed by atoms with Gasteiger partial charge < -0.3 is 14.6 Å². The summed E-state index contributed by atoms with van der Waals surface area (Å²) in [6, 6.07) is 11.8. The number of halogens is 4. The predicted octanol–water partition coefficient (Wildman–Crippen LogP) is 5.05. The second kappa shape index (κ2) is 10.7. The number of nitrogens with zero attached hydrogens (tertiary/aromatic N) is 3. The third-order valence-corrected chi connectivity index (χ3v) is 5.35. The Balaban J connectivity index is 1.67. The third kappa shape index (κ3) is 6.95. The van der Waals surface area contributed by atoms with Crippen molar-refractivity contribution in [2.45, 2.75) is 38.5 Å². The van der Waals surface area contributed by atoms with Crippen molar-refractivity contribution >= 4 is 17.7 Å². The fourth-order valence-electron chi connectivity index (χ4n) is 3.02. The zero-order valence-electron chi connectivity index (χ0n) is 17.9. The minimum atomic E-state index is -4.83. The van der Waals surface area contributed by atoms with Crippen molar-refractivity contribution in [3.05, 3.63) is 59.9 Å². The first-order chi connectivity index (χ1) is 15.6. The average molecular weight is 483 g/mol. The average Bonchev–Trinajstić information content (AvgIpc) is 3.12. The molecular weight excluding hydrogens is 460 g/mol. The van der Waals surface area contributed by atoms with Crippen LogP contribution in [0.5, 0.6) is 5.75 Å². The van der Waals surface area contributed by atoms with Gasteiger partial charge in [-0.25, -0.2) is 4.39 Å². The number of carbonyl (C=O) groups excluding carboxylic acids is 1. The van der Waals surface area contributed by atoms with Crippen molar-refractivity contribution in [2.75, 3.05) is 5.75 Å². The molecule has 3 aromatic rings. The number of thioether (sulfide) groups is 1. The Morgan fingerprint density at radius 1 is 1.12 bits per heavy atom. The summed E-state index contributed by atoms with van der Waals surface area (Å²) >= 11 is 1.11. The van der Waals surface area contributed by atoms with E-state index in [4.69, 9.17) is 0 Å². The minimum absolute atomic E-state index is 0.0458. The standard InChI is InChI=1S/C22H22F4N4O2S/c1-14(2)12-30-20(16-8-4-5-9-17(16)23)28-29-21(30)33-13-19(31)27-11-15-7-3-6-10-18(15)32-22(24,25)26/h3-10,14H,11-13H2,1-2H3,(H,27,31). The highest BCUT2D eigenvalue weighted by Crippen LogP contribution is 2.28. The number of hydrogen-bond acceptors (Lipinski definition) is 5. The maximum absolute atomic E-state index is 14.3. The number of amides is 1. The smallest absolute Gasteiger partial charge is 0.405 e. The van der Waals surface area contributed by atoms with Crippen molar-refractivity contribution in [1.29, 1.82) is 0 Å². The first kappa shape index (κ1) is 24.6. The molecule has 0 bridgehead atoms. The van der Waals surface area contributed by atoms with Crippen molar-refractivity contribution in [2.24, 2.45) is 5.92 Å². The van der Waals surface area contributed by atoms with Crippen LogP contribution in [0, 0.1) is 11.7 Å². The first-order valence-corrected chi connectivity index (χ1v) is 11.0. The molecule has 1 N–H and O–H groups in total. The van der Waals surface area contributed by atoms with Crippen molar-refractivity contribution in [1.82, 2.24) is 20.1 Å². The zero-order chi connectivity index (χ0) is 24.0. The quantitative estimate of drug-likeness (QED) is 0.342. The molecule has 0 aliphatic rings. The van der Waals surface area contributed by atoms with Crippen molar-refractivity contribution in [3.63, 3.8) is 0 Å². The minimum Gasteiger partial charge on any atom is -0.405 e. The van der Waals surface area contributed by atoms with E-state index in [1.165, 1.54) is 24.3 Å². The normalized spacial score (nSPS) is 11.6. The first-order valence-electron chi connectivity index (χ1n) is 10.1. The van der Waals surface area contributed by atoms with E-state index in [1.54, 1.807) is 28.8 Å². The number of ether oxygens (including phenoxy) is 1. The number of hydrogen-bond donors (Lipinski definition) is 1. The number of para-hydroxylation sites is 1. The van der Waals surface area contributed by atoms with Crippen LogP contribution < -0.4 is 10.1 Å². The molecule has 1 aromatic heterocycles. The van der Waals surface area contributed by atoms with Gasteiger partial charge in [0.1, 0.15) is 11.6 Å². The SMILES string of the molecule is CC(C)Cn1c(SCC(=O)NCc2ccccc2OC(F)(F)F)nnc1-c1ccccc1F. The molecule has 33 heavy (non-hydrogen) atoms. The van der Waals surface area contributed by atoms with Gasteiger partial charge in [-0.05, 0) is 24.1 Å². The molecule has 176 valence electrons. The van der Waals surface area contributed by atoms with Gasteiger partial charge in [-0.2, -0.15) is 0 Å². The van der Waals surface area contributed by atoms with Crippen LogP contribution in [0.25, 0.3) is 11.4 Å². The van der Waals surface area contributed by atoms with Crippen LogP contribution in [0.3, 0.4) is 0 Å². The van der Waals surface area contributed by atoms with Gasteiger partial charge in [0.2, 0.25) is 5.91 Å². The lowest BCUT2D eigenvalue weighted by Crippen LogP contribution is -2.26. The Morgan fingerprint density at radius 2 is 1.82 bits per heavy atom. The number of carbonyl (C=O) groups is 1. The molecule has 0 radical (unpaired) electrons. The summed E-state index contributed by atoms with van der Waals surface area (Å²) in [6.45, 7) is 4.37. The van der Waals surface area contributed by atoms with Gasteiger partial charge >= 0.3 is 6.36 Å². The highest BCUT2D eigenvalue weighted by molar-refractivity contribution is 7.99. The molecule has 0 atom stereocenters. The van der Waals surface area contributed by atoms with Crippen molar-refractivity contribution in [3.8, 4) is 17.1 Å². The second-order valence-corrected chi connectivity index (χ2v) is 8.45. The number of rotatable bonds is 9. The number of nitrogens with one attached hydrogen (secondary N) is 1. The van der Waals surface area contributed by atoms with Crippen molar-refractivity contribution < 1.29 is 27.1 Å². The maximum Gasteiger partial charge on any atom is 0.573 e. The monoisotopic (exact) mass is 482 g/mol. The van der Waals surface area contributed by atoms with Crippen LogP contribution in [0.2, 0.25) is 0 Å². The van der Waals surface area contributed by atoms with Crippen LogP contribution in [0.1, 0.15) is 19.4 Å². The zero-order valence-corrected chi connectivity index (χ0v) is 18.7. The molecule has 0 spiro atoms. The van der Waals surface area contributed by atoms with Gasteiger partial charge in [0.15, 0.2) is 11.0 Å². The number of aromatic nitrogens is 3. The van der Waals surface area contributed by atoms with E-state index in [9.17, 15) is 22.4 Å². The Kier molecular flexibility index (Phi) is 7.96. The summed E-state index contributed by atoms with van der Waals surface area (Å²) < 4.78 is 57.7. The largest absolute Gasteiger partial charge is 0.573 e. The molecule has 1 heterocycles. The van der Waals surface area contributed by atoms with Crippen LogP contribution in [0.4, 0.5) is 17.6 Å². The Morgan fingerprint density at radius 3 is 2.52 bits per heavy atom. The van der Waals surface area contributed by atoms with Crippen LogP contribution in [-0.4, -0.2) is 32.8 Å². The lowest BCUT2D eigenvalue weighted by molar-refractivity contribution is -0.274. The second-order valence-electron chi connectivity index (χ2n) is 7.51. The Bertz CT molecular complexity index is 1100. The molecule has 0 unspecified atom stereocenters. The van der Waals surface area contributed by atoms with Gasteiger partial charge in [0, 0.05) is 18.7 Å². The molecule has 11 heteroatoms. The summed E-state index contributed by atoms with van der Waals surface area (Å²) in [6.07, 6.45) is -4.83. The lowest BCUT2D eigenvalue weighted by atomic mass is 10.2. The summed E-state index contributed by atoms with van der Waals surface area (Å²) in [5, 5.41) is 11.3. The van der Waals surface area contributed by atoms with Gasteiger partial charge in [-0.15, -0.1) is 23.4 Å². The van der Waals surface area contributed by atoms with E-state index in [2.05, 4.69) is 20.3 Å². The highest BCUT2D eigenvalue weighted by atomic mass is 32.2. The molecule has 0 fully saturated rings. The maximum atomic E-state index is 14.3. The van der Waals surface area contributed by atoms with E-state index < -0.39 is 18.1 Å². The van der Waals surface area contributed by atoms with Gasteiger partial charge in [0.05, 0.1) is 11.3 Å². The van der Waals surface area contributed by atoms with Crippen LogP contribution >= 0.6 is 11.8 Å². The Labute approximate surface area is 192 Å². The predicted molar refractivity (Wildman–Crippen MR) is 116 cm³/mol. The molecule has 1 amide bonds. The van der Waals surface area contributed by atoms with E-state index >= 15 is 0 Å². The highest BCUT2D eigenvalue weighted by Gasteiger charge is 2.32. The van der Waals surface area contributed by atoms with Gasteiger partial charge in [0.25, 0.3) is 0 Å². The lowest BCUT2D eigenvalue weighted by Gasteiger charge is -2.14. The van der Waals surface area contributed by atoms with E-state index in [1.807, 2.05) is 13.8 Å². The molecule has 0 aliphatic heterocycles. The molecule has 0 saturated heterocycles. The van der Waals surface area contributed by atoms with E-state index in [0.717, 1.165) is 11.8 Å². The third-order valence-electron chi connectivity index (χ3n) is 4.39. The van der Waals surface area contributed by atoms with Gasteiger partial charge in [-0.3, -0.25) is 4.79 Å². The fourth-order valence-corrected chi connectivity index (χ4v) is 3.79. The molecule has 2 aromatic carbocycles. The molecule has 0 aliphatic carbocycles. The topological polar surface area (TPSA) is 69.0 Å². The summed E-state index contributed by atoms with van der Waals surface area (Å²) in [5.41, 5.74) is 0.501. The fraction of sp³-hybridized carbons (Fsp3) is 0.318. The van der Waals surface area contributed by atoms with E-state index in [0.29, 0.717) is 23.1 Å². The van der Waals surface area contributed by atoms with E-state index in [-0.39, 0.29) is 29.5 Å². The van der Waals surface area contributed by atoms with Crippen LogP contribution in [0.15, 0.2) is 53.7 Å². The molecule has 6 nitrogen and oxygen atoms in total. The van der Waals surface area contributed by atoms with Crippen LogP contribution in [-0.2, 0) is 17.9 Å².